The van der Waals surface area contributed by atoms with Gasteiger partial charge in [0.15, 0.2) is 0 Å². The molecule has 17 heavy (non-hydrogen) atoms. The Balaban J connectivity index is 2.69. The molecular weight excluding hydrogens is 335 g/mol. The lowest BCUT2D eigenvalue weighted by atomic mass is 10.2. The fourth-order valence-electron chi connectivity index (χ4n) is 1.47. The average molecular weight is 350 g/mol. The van der Waals surface area contributed by atoms with E-state index < -0.39 is 4.92 Å². The van der Waals surface area contributed by atoms with Crippen molar-refractivity contribution in [3.05, 3.63) is 31.9 Å². The van der Waals surface area contributed by atoms with Crippen LogP contribution >= 0.6 is 22.6 Å². The molecule has 0 aromatic heterocycles. The topological polar surface area (TPSA) is 75.4 Å². The first-order valence-corrected chi connectivity index (χ1v) is 6.44. The molecule has 5 nitrogen and oxygen atoms in total. The third kappa shape index (κ3) is 4.47. The molecule has 0 fully saturated rings. The van der Waals surface area contributed by atoms with E-state index in [4.69, 9.17) is 5.11 Å². The van der Waals surface area contributed by atoms with Gasteiger partial charge in [-0.3, -0.25) is 10.1 Å². The van der Waals surface area contributed by atoms with Crippen LogP contribution in [0.25, 0.3) is 0 Å². The van der Waals surface area contributed by atoms with Gasteiger partial charge in [0.05, 0.1) is 4.92 Å². The Morgan fingerprint density at radius 2 is 2.29 bits per heavy atom. The first-order chi connectivity index (χ1) is 8.04. The number of nitro groups is 1. The van der Waals surface area contributed by atoms with Gasteiger partial charge in [-0.25, -0.2) is 0 Å². The minimum absolute atomic E-state index is 0.1000. The van der Waals surface area contributed by atoms with Crippen molar-refractivity contribution in [3.63, 3.8) is 0 Å². The summed E-state index contributed by atoms with van der Waals surface area (Å²) in [5, 5.41) is 22.6. The third-order valence-corrected chi connectivity index (χ3v) is 3.25. The standard InChI is InChI=1S/C11H15IN2O3/c1-8(3-2-6-15)13-11-5-4-9(14(16)17)7-10(11)12/h4-5,7-8,13,15H,2-3,6H2,1H3. The highest BCUT2D eigenvalue weighted by Crippen LogP contribution is 2.24. The summed E-state index contributed by atoms with van der Waals surface area (Å²) in [5.74, 6) is 0. The smallest absolute Gasteiger partial charge is 0.270 e. The first-order valence-electron chi connectivity index (χ1n) is 5.36. The number of benzene rings is 1. The van der Waals surface area contributed by atoms with Crippen molar-refractivity contribution in [2.45, 2.75) is 25.8 Å². The zero-order valence-corrected chi connectivity index (χ0v) is 11.7. The zero-order valence-electron chi connectivity index (χ0n) is 9.52. The molecule has 1 aromatic carbocycles. The van der Waals surface area contributed by atoms with Crippen molar-refractivity contribution in [3.8, 4) is 0 Å². The van der Waals surface area contributed by atoms with Crippen LogP contribution in [0.15, 0.2) is 18.2 Å². The van der Waals surface area contributed by atoms with Gasteiger partial charge in [0, 0.05) is 34.0 Å². The van der Waals surface area contributed by atoms with Gasteiger partial charge < -0.3 is 10.4 Å². The number of hydrogen-bond donors (Lipinski definition) is 2. The summed E-state index contributed by atoms with van der Waals surface area (Å²) >= 11 is 2.07. The Hall–Kier alpha value is -0.890. The summed E-state index contributed by atoms with van der Waals surface area (Å²) < 4.78 is 0.827. The third-order valence-electron chi connectivity index (χ3n) is 2.36. The van der Waals surface area contributed by atoms with Gasteiger partial charge in [-0.2, -0.15) is 0 Å². The zero-order chi connectivity index (χ0) is 12.8. The molecule has 1 aromatic rings. The molecule has 0 radical (unpaired) electrons. The molecule has 2 N–H and O–H groups in total. The first kappa shape index (κ1) is 14.2. The van der Waals surface area contributed by atoms with Gasteiger partial charge >= 0.3 is 0 Å². The molecule has 1 rings (SSSR count). The number of aliphatic hydroxyl groups is 1. The summed E-state index contributed by atoms with van der Waals surface area (Å²) in [6.45, 7) is 2.20. The number of aliphatic hydroxyl groups excluding tert-OH is 1. The minimum atomic E-state index is -0.402. The Labute approximate surface area is 114 Å². The van der Waals surface area contributed by atoms with Crippen LogP contribution in [0, 0.1) is 13.7 Å². The number of non-ortho nitro benzene ring substituents is 1. The van der Waals surface area contributed by atoms with Crippen molar-refractivity contribution in [2.75, 3.05) is 11.9 Å². The van der Waals surface area contributed by atoms with Crippen LogP contribution in [0.1, 0.15) is 19.8 Å². The monoisotopic (exact) mass is 350 g/mol. The van der Waals surface area contributed by atoms with Crippen LogP contribution in [0.2, 0.25) is 0 Å². The van der Waals surface area contributed by atoms with Crippen LogP contribution in [0.3, 0.4) is 0 Å². The maximum atomic E-state index is 10.6. The quantitative estimate of drug-likeness (QED) is 0.470. The van der Waals surface area contributed by atoms with Gasteiger partial charge in [-0.05, 0) is 48.4 Å². The summed E-state index contributed by atoms with van der Waals surface area (Å²) in [6.07, 6.45) is 1.61. The average Bonchev–Trinajstić information content (AvgIpc) is 2.28. The highest BCUT2D eigenvalue weighted by atomic mass is 127. The summed E-state index contributed by atoms with van der Waals surface area (Å²) in [4.78, 5) is 10.2. The fourth-order valence-corrected chi connectivity index (χ4v) is 2.12. The van der Waals surface area contributed by atoms with Crippen molar-refractivity contribution in [1.82, 2.24) is 0 Å². The number of anilines is 1. The maximum Gasteiger partial charge on any atom is 0.270 e. The van der Waals surface area contributed by atoms with E-state index in [0.717, 1.165) is 22.1 Å². The Kier molecular flexibility index (Phi) is 5.63. The summed E-state index contributed by atoms with van der Waals surface area (Å²) in [7, 11) is 0. The van der Waals surface area contributed by atoms with Gasteiger partial charge in [-0.1, -0.05) is 0 Å². The number of halogens is 1. The molecule has 0 aliphatic heterocycles. The second-order valence-electron chi connectivity index (χ2n) is 3.83. The lowest BCUT2D eigenvalue weighted by Crippen LogP contribution is -2.16. The van der Waals surface area contributed by atoms with Crippen molar-refractivity contribution < 1.29 is 10.0 Å². The number of nitrogens with zero attached hydrogens (tertiary/aromatic N) is 1. The predicted octanol–water partition coefficient (Wildman–Crippen LogP) is 2.77. The minimum Gasteiger partial charge on any atom is -0.396 e. The molecule has 1 atom stereocenters. The number of nitro benzene ring substituents is 1. The fraction of sp³-hybridized carbons (Fsp3) is 0.455. The molecule has 0 heterocycles. The van der Waals surface area contributed by atoms with Gasteiger partial charge in [0.1, 0.15) is 0 Å². The van der Waals surface area contributed by atoms with Crippen LogP contribution in [0.4, 0.5) is 11.4 Å². The van der Waals surface area contributed by atoms with Crippen LogP contribution in [0.5, 0.6) is 0 Å². The van der Waals surface area contributed by atoms with E-state index in [1.807, 2.05) is 6.92 Å². The van der Waals surface area contributed by atoms with Crippen molar-refractivity contribution in [2.24, 2.45) is 0 Å². The normalized spacial score (nSPS) is 12.2. The second-order valence-corrected chi connectivity index (χ2v) is 4.99. The van der Waals surface area contributed by atoms with E-state index in [9.17, 15) is 10.1 Å². The molecule has 94 valence electrons. The second kappa shape index (κ2) is 6.75. The van der Waals surface area contributed by atoms with Gasteiger partial charge in [-0.15, -0.1) is 0 Å². The largest absolute Gasteiger partial charge is 0.396 e. The van der Waals surface area contributed by atoms with E-state index in [0.29, 0.717) is 0 Å². The van der Waals surface area contributed by atoms with E-state index in [2.05, 4.69) is 27.9 Å². The highest BCUT2D eigenvalue weighted by Gasteiger charge is 2.10. The van der Waals surface area contributed by atoms with Crippen molar-refractivity contribution >= 4 is 34.0 Å². The van der Waals surface area contributed by atoms with E-state index in [-0.39, 0.29) is 18.3 Å². The van der Waals surface area contributed by atoms with Crippen molar-refractivity contribution in [1.29, 1.82) is 0 Å². The summed E-state index contributed by atoms with van der Waals surface area (Å²) in [6, 6.07) is 4.98. The lowest BCUT2D eigenvalue weighted by molar-refractivity contribution is -0.384. The molecule has 0 bridgehead atoms. The lowest BCUT2D eigenvalue weighted by Gasteiger charge is -2.15. The van der Waals surface area contributed by atoms with E-state index >= 15 is 0 Å². The predicted molar refractivity (Wildman–Crippen MR) is 75.2 cm³/mol. The van der Waals surface area contributed by atoms with E-state index in [1.54, 1.807) is 12.1 Å². The highest BCUT2D eigenvalue weighted by molar-refractivity contribution is 14.1. The molecule has 0 amide bonds. The molecule has 0 aliphatic rings. The molecule has 1 unspecified atom stereocenters. The number of hydrogen-bond acceptors (Lipinski definition) is 4. The van der Waals surface area contributed by atoms with E-state index in [1.165, 1.54) is 6.07 Å². The maximum absolute atomic E-state index is 10.6. The van der Waals surface area contributed by atoms with Crippen LogP contribution in [-0.2, 0) is 0 Å². The van der Waals surface area contributed by atoms with Gasteiger partial charge in [0.2, 0.25) is 0 Å². The molecule has 0 saturated heterocycles. The molecular formula is C11H15IN2O3. The van der Waals surface area contributed by atoms with Gasteiger partial charge in [0.25, 0.3) is 5.69 Å². The number of rotatable bonds is 6. The molecule has 0 saturated carbocycles. The van der Waals surface area contributed by atoms with Crippen LogP contribution < -0.4 is 5.32 Å². The Morgan fingerprint density at radius 1 is 1.59 bits per heavy atom. The molecule has 0 spiro atoms. The SMILES string of the molecule is CC(CCCO)Nc1ccc([N+](=O)[O-])cc1I. The number of nitrogens with one attached hydrogen (secondary N) is 1. The Morgan fingerprint density at radius 3 is 2.82 bits per heavy atom. The molecule has 0 aliphatic carbocycles. The van der Waals surface area contributed by atoms with Crippen LogP contribution in [-0.4, -0.2) is 22.7 Å². The Bertz CT molecular complexity index is 398. The molecule has 6 heteroatoms. The summed E-state index contributed by atoms with van der Waals surface area (Å²) in [5.41, 5.74) is 0.990.